The van der Waals surface area contributed by atoms with Gasteiger partial charge in [-0.2, -0.15) is 0 Å². The van der Waals surface area contributed by atoms with Crippen LogP contribution >= 0.6 is 0 Å². The number of rotatable bonds is 4. The number of hydrogen-bond acceptors (Lipinski definition) is 1. The zero-order valence-corrected chi connectivity index (χ0v) is 26.0. The molecule has 0 radical (unpaired) electrons. The third kappa shape index (κ3) is 4.47. The summed E-state index contributed by atoms with van der Waals surface area (Å²) in [5.41, 5.74) is 4.31. The van der Waals surface area contributed by atoms with Crippen LogP contribution in [0.1, 0.15) is 13.7 Å². The summed E-state index contributed by atoms with van der Waals surface area (Å²) in [6.07, 6.45) is 0. The third-order valence-corrected chi connectivity index (χ3v) is 9.30. The van der Waals surface area contributed by atoms with E-state index in [1.165, 1.54) is 6.07 Å². The lowest BCUT2D eigenvalue weighted by molar-refractivity contribution is 0.670. The fourth-order valence-corrected chi connectivity index (χ4v) is 7.09. The van der Waals surface area contributed by atoms with E-state index in [0.29, 0.717) is 5.56 Å². The van der Waals surface area contributed by atoms with Gasteiger partial charge in [-0.25, -0.2) is 0 Å². The average molecular weight is 633 g/mol. The van der Waals surface area contributed by atoms with Gasteiger partial charge in [-0.05, 0) is 89.9 Å². The van der Waals surface area contributed by atoms with E-state index >= 15 is 0 Å². The lowest BCUT2D eigenvalue weighted by Gasteiger charge is -2.18. The maximum atomic E-state index is 9.40. The minimum absolute atomic E-state index is 0.0663. The van der Waals surface area contributed by atoms with Crippen molar-refractivity contribution in [2.75, 3.05) is 0 Å². The molecular formula is C48H30O. The molecule has 1 nitrogen and oxygen atoms in total. The highest BCUT2D eigenvalue weighted by molar-refractivity contribution is 6.24. The van der Waals surface area contributed by atoms with Crippen molar-refractivity contribution in [3.63, 3.8) is 0 Å². The summed E-state index contributed by atoms with van der Waals surface area (Å²) in [5, 5.41) is 6.01. The van der Waals surface area contributed by atoms with Crippen LogP contribution in [0.4, 0.5) is 0 Å². The van der Waals surface area contributed by atoms with E-state index in [1.807, 2.05) is 60.7 Å². The average Bonchev–Trinajstić information content (AvgIpc) is 3.64. The van der Waals surface area contributed by atoms with E-state index in [4.69, 9.17) is 14.0 Å². The molecule has 0 saturated carbocycles. The predicted molar refractivity (Wildman–Crippen MR) is 208 cm³/mol. The summed E-state index contributed by atoms with van der Waals surface area (Å²) in [5.74, 6) is 0. The Hall–Kier alpha value is -6.44. The molecule has 10 rings (SSSR count). The first-order valence-corrected chi connectivity index (χ1v) is 16.0. The van der Waals surface area contributed by atoms with Gasteiger partial charge in [0.05, 0.1) is 13.7 Å². The smallest absolute Gasteiger partial charge is 0.143 e. The first-order valence-electron chi connectivity index (χ1n) is 21.0. The largest absolute Gasteiger partial charge is 0.455 e. The molecule has 0 aliphatic rings. The topological polar surface area (TPSA) is 13.1 Å². The van der Waals surface area contributed by atoms with Gasteiger partial charge in [0.2, 0.25) is 0 Å². The summed E-state index contributed by atoms with van der Waals surface area (Å²) in [6.45, 7) is 0. The van der Waals surface area contributed by atoms with Gasteiger partial charge in [0.1, 0.15) is 11.2 Å². The second kappa shape index (κ2) is 11.1. The lowest BCUT2D eigenvalue weighted by Crippen LogP contribution is -1.91. The molecular weight excluding hydrogens is 593 g/mol. The summed E-state index contributed by atoms with van der Waals surface area (Å²) in [7, 11) is 0. The molecule has 0 N–H and O–H groups in total. The Morgan fingerprint density at radius 2 is 1.06 bits per heavy atom. The molecule has 228 valence electrons. The lowest BCUT2D eigenvalue weighted by atomic mass is 9.85. The predicted octanol–water partition coefficient (Wildman–Crippen LogP) is 13.7. The summed E-state index contributed by atoms with van der Waals surface area (Å²) >= 11 is 0. The number of para-hydroxylation sites is 1. The fraction of sp³-hybridized carbons (Fsp3) is 0. The molecule has 1 heterocycles. The monoisotopic (exact) mass is 632 g/mol. The van der Waals surface area contributed by atoms with Crippen LogP contribution in [-0.2, 0) is 0 Å². The van der Waals surface area contributed by atoms with Crippen LogP contribution in [0.15, 0.2) is 186 Å². The highest BCUT2D eigenvalue weighted by Gasteiger charge is 2.20. The molecule has 0 bridgehead atoms. The van der Waals surface area contributed by atoms with E-state index < -0.39 is 48.3 Å². The van der Waals surface area contributed by atoms with Crippen LogP contribution in [0.25, 0.3) is 98.8 Å². The van der Waals surface area contributed by atoms with Gasteiger partial charge in [-0.3, -0.25) is 0 Å². The molecule has 9 aromatic carbocycles. The first-order chi connectivity index (χ1) is 28.5. The van der Waals surface area contributed by atoms with E-state index in [2.05, 4.69) is 54.6 Å². The van der Waals surface area contributed by atoms with Gasteiger partial charge < -0.3 is 4.42 Å². The zero-order chi connectivity index (χ0) is 41.0. The third-order valence-electron chi connectivity index (χ3n) is 9.30. The zero-order valence-electron chi connectivity index (χ0n) is 36.0. The van der Waals surface area contributed by atoms with Gasteiger partial charge in [0, 0.05) is 21.9 Å². The van der Waals surface area contributed by atoms with Gasteiger partial charge in [0.25, 0.3) is 0 Å². The quantitative estimate of drug-likeness (QED) is 0.176. The SMILES string of the molecule is [2H]c1cc2c(oc3c([2H])c(-c4c([2H])c([2H])c([2H])c([2H])c4[2H])c([2H])c([2H])c32)c(-c2c3ccccc3c(-c3cccc(-c4ccc5ccccc5c4)c3)c3ccccc23)c1[2H]. The van der Waals surface area contributed by atoms with Gasteiger partial charge in [0.15, 0.2) is 0 Å². The maximum absolute atomic E-state index is 9.40. The second-order valence-electron chi connectivity index (χ2n) is 12.1. The van der Waals surface area contributed by atoms with Crippen molar-refractivity contribution in [2.24, 2.45) is 0 Å². The van der Waals surface area contributed by atoms with Crippen molar-refractivity contribution < 1.29 is 18.1 Å². The summed E-state index contributed by atoms with van der Waals surface area (Å²) < 4.78 is 94.2. The summed E-state index contributed by atoms with van der Waals surface area (Å²) in [4.78, 5) is 0. The highest BCUT2D eigenvalue weighted by Crippen LogP contribution is 2.47. The minimum Gasteiger partial charge on any atom is -0.455 e. The van der Waals surface area contributed by atoms with Crippen LogP contribution in [0, 0.1) is 0 Å². The molecule has 0 atom stereocenters. The number of furan rings is 1. The molecule has 1 aromatic heterocycles. The van der Waals surface area contributed by atoms with Crippen LogP contribution < -0.4 is 0 Å². The van der Waals surface area contributed by atoms with E-state index in [-0.39, 0.29) is 50.7 Å². The Labute approximate surface area is 298 Å². The Kier molecular flexibility index (Phi) is 4.39. The Morgan fingerprint density at radius 1 is 0.388 bits per heavy atom. The molecule has 0 saturated heterocycles. The fourth-order valence-electron chi connectivity index (χ4n) is 7.09. The van der Waals surface area contributed by atoms with Crippen molar-refractivity contribution in [1.82, 2.24) is 0 Å². The Bertz CT molecular complexity index is 3370. The highest BCUT2D eigenvalue weighted by atomic mass is 16.3. The molecule has 0 amide bonds. The maximum Gasteiger partial charge on any atom is 0.143 e. The van der Waals surface area contributed by atoms with Crippen molar-refractivity contribution in [3.05, 3.63) is 182 Å². The molecule has 1 heteroatoms. The van der Waals surface area contributed by atoms with Crippen molar-refractivity contribution in [3.8, 4) is 44.5 Å². The molecule has 0 spiro atoms. The van der Waals surface area contributed by atoms with Crippen molar-refractivity contribution in [1.29, 1.82) is 0 Å². The molecule has 0 aliphatic carbocycles. The first kappa shape index (κ1) is 19.4. The van der Waals surface area contributed by atoms with Crippen molar-refractivity contribution >= 4 is 54.3 Å². The molecule has 0 fully saturated rings. The molecule has 0 aliphatic heterocycles. The number of hydrogen-bond donors (Lipinski definition) is 0. The normalized spacial score (nSPS) is 14.5. The number of benzene rings is 9. The van der Waals surface area contributed by atoms with Crippen LogP contribution in [-0.4, -0.2) is 0 Å². The van der Waals surface area contributed by atoms with Crippen LogP contribution in [0.5, 0.6) is 0 Å². The van der Waals surface area contributed by atoms with Gasteiger partial charge >= 0.3 is 0 Å². The van der Waals surface area contributed by atoms with E-state index in [9.17, 15) is 4.11 Å². The molecule has 10 aromatic rings. The number of fused-ring (bicyclic) bond motifs is 6. The van der Waals surface area contributed by atoms with Crippen LogP contribution in [0.2, 0.25) is 0 Å². The molecule has 49 heavy (non-hydrogen) atoms. The van der Waals surface area contributed by atoms with Gasteiger partial charge in [-0.15, -0.1) is 0 Å². The standard InChI is InChI=1S/C48H30O/c1-2-12-31(13-3-1)36-26-27-38-43-22-11-23-44(48(43)49-45(38)30-36)47-41-20-8-6-18-39(41)46(40-19-7-9-21-42(40)47)37-17-10-16-34(29-37)35-25-24-32-14-4-5-15-33(32)28-35/h1-30H/i1D,2D,3D,11D,12D,13D,23D,26D,27D,30D. The minimum atomic E-state index is -0.626. The second-order valence-corrected chi connectivity index (χ2v) is 12.1. The van der Waals surface area contributed by atoms with Crippen molar-refractivity contribution in [2.45, 2.75) is 0 Å². The van der Waals surface area contributed by atoms with E-state index in [1.54, 1.807) is 0 Å². The Balaban J connectivity index is 1.27. The molecule has 0 unspecified atom stereocenters. The van der Waals surface area contributed by atoms with E-state index in [0.717, 1.165) is 54.6 Å². The van der Waals surface area contributed by atoms with Crippen LogP contribution in [0.3, 0.4) is 0 Å². The van der Waals surface area contributed by atoms with Gasteiger partial charge in [-0.1, -0.05) is 158 Å². The summed E-state index contributed by atoms with van der Waals surface area (Å²) in [6, 6.07) is 35.7. The Morgan fingerprint density at radius 3 is 1.84 bits per heavy atom.